The Hall–Kier alpha value is -3.00. The minimum atomic E-state index is -0.310. The minimum Gasteiger partial charge on any atom is -0.350 e. The van der Waals surface area contributed by atoms with E-state index in [0.29, 0.717) is 23.5 Å². The Kier molecular flexibility index (Phi) is 5.33. The van der Waals surface area contributed by atoms with Crippen LogP contribution in [0.5, 0.6) is 0 Å². The van der Waals surface area contributed by atoms with Crippen molar-refractivity contribution in [2.75, 3.05) is 12.4 Å². The lowest BCUT2D eigenvalue weighted by atomic mass is 9.91. The van der Waals surface area contributed by atoms with E-state index in [2.05, 4.69) is 44.1 Å². The van der Waals surface area contributed by atoms with Crippen molar-refractivity contribution < 1.29 is 4.39 Å². The lowest BCUT2D eigenvalue weighted by Gasteiger charge is -2.28. The fourth-order valence-corrected chi connectivity index (χ4v) is 5.00. The number of aromatic nitrogens is 5. The van der Waals surface area contributed by atoms with Crippen LogP contribution in [-0.2, 0) is 0 Å². The van der Waals surface area contributed by atoms with Gasteiger partial charge in [0.05, 0.1) is 17.2 Å². The maximum atomic E-state index is 14.9. The van der Waals surface area contributed by atoms with E-state index in [1.807, 2.05) is 43.0 Å². The summed E-state index contributed by atoms with van der Waals surface area (Å²) in [4.78, 5) is 9.00. The van der Waals surface area contributed by atoms with Crippen molar-refractivity contribution in [3.63, 3.8) is 0 Å². The zero-order valence-corrected chi connectivity index (χ0v) is 19.1. The van der Waals surface area contributed by atoms with E-state index >= 15 is 0 Å². The number of hydrogen-bond acceptors (Lipinski definition) is 5. The van der Waals surface area contributed by atoms with Crippen LogP contribution in [-0.4, -0.2) is 43.3 Å². The van der Waals surface area contributed by atoms with Gasteiger partial charge in [0.25, 0.3) is 0 Å². The Morgan fingerprint density at radius 2 is 1.84 bits per heavy atom. The Bertz CT molecular complexity index is 1260. The molecule has 168 valence electrons. The number of imidazole rings is 1. The molecule has 0 unspecified atom stereocenters. The van der Waals surface area contributed by atoms with Gasteiger partial charge in [0.1, 0.15) is 11.3 Å². The molecule has 3 aromatic heterocycles. The molecular formula is C24H30FN7. The minimum absolute atomic E-state index is 0.195. The normalized spacial score (nSPS) is 19.3. The second kappa shape index (κ2) is 8.16. The van der Waals surface area contributed by atoms with E-state index in [0.717, 1.165) is 53.7 Å². The molecule has 0 radical (unpaired) electrons. The molecule has 1 aliphatic carbocycles. The highest BCUT2D eigenvalue weighted by Crippen LogP contribution is 2.32. The number of nitrogens with one attached hydrogen (secondary N) is 2. The fourth-order valence-electron chi connectivity index (χ4n) is 5.00. The Balaban J connectivity index is 1.46. The second-order valence-corrected chi connectivity index (χ2v) is 9.07. The molecular weight excluding hydrogens is 405 g/mol. The first kappa shape index (κ1) is 20.9. The highest BCUT2D eigenvalue weighted by Gasteiger charge is 2.21. The summed E-state index contributed by atoms with van der Waals surface area (Å²) in [7, 11) is 2.03. The van der Waals surface area contributed by atoms with Gasteiger partial charge in [-0.2, -0.15) is 0 Å². The number of nitrogens with zero attached hydrogens (tertiary/aromatic N) is 5. The third-order valence-corrected chi connectivity index (χ3v) is 6.64. The first-order chi connectivity index (χ1) is 15.4. The summed E-state index contributed by atoms with van der Waals surface area (Å²) in [5, 5.41) is 11.5. The third-order valence-electron chi connectivity index (χ3n) is 6.64. The molecule has 0 atom stereocenters. The SMILES string of the molecule is CN[C@H]1CC[C@@H](Nc2ncc3c(-c4cc(F)c5nc(C)n(C(C)C)c5c4)ccn3n2)CC1. The Labute approximate surface area is 187 Å². The number of benzene rings is 1. The molecule has 1 aliphatic rings. The topological polar surface area (TPSA) is 72.1 Å². The van der Waals surface area contributed by atoms with E-state index < -0.39 is 0 Å². The van der Waals surface area contributed by atoms with Crippen LogP contribution in [0.2, 0.25) is 0 Å². The van der Waals surface area contributed by atoms with Crippen LogP contribution in [0.25, 0.3) is 27.7 Å². The van der Waals surface area contributed by atoms with Crippen molar-refractivity contribution in [3.8, 4) is 11.1 Å². The number of anilines is 1. The monoisotopic (exact) mass is 435 g/mol. The molecule has 0 bridgehead atoms. The molecule has 2 N–H and O–H groups in total. The van der Waals surface area contributed by atoms with Crippen molar-refractivity contribution in [2.24, 2.45) is 0 Å². The molecule has 7 nitrogen and oxygen atoms in total. The molecule has 0 saturated heterocycles. The summed E-state index contributed by atoms with van der Waals surface area (Å²) in [6, 6.07) is 6.73. The molecule has 0 amide bonds. The standard InChI is InChI=1S/C24H30FN7/c1-14(2)32-15(3)28-23-20(25)11-16(12-21(23)32)19-9-10-31-22(19)13-27-24(30-31)29-18-7-5-17(26-4)6-8-18/h9-14,17-18,26H,5-8H2,1-4H3,(H,29,30)/t17-,18+. The van der Waals surface area contributed by atoms with Crippen molar-refractivity contribution in [3.05, 3.63) is 42.2 Å². The largest absolute Gasteiger partial charge is 0.350 e. The summed E-state index contributed by atoms with van der Waals surface area (Å²) in [5.74, 6) is 1.13. The molecule has 1 fully saturated rings. The van der Waals surface area contributed by atoms with E-state index in [9.17, 15) is 4.39 Å². The van der Waals surface area contributed by atoms with Crippen molar-refractivity contribution in [2.45, 2.75) is 64.6 Å². The van der Waals surface area contributed by atoms with Crippen LogP contribution in [0.15, 0.2) is 30.6 Å². The van der Waals surface area contributed by atoms with Gasteiger partial charge in [-0.1, -0.05) is 0 Å². The molecule has 1 aromatic carbocycles. The Morgan fingerprint density at radius 1 is 1.09 bits per heavy atom. The van der Waals surface area contributed by atoms with Crippen LogP contribution < -0.4 is 10.6 Å². The van der Waals surface area contributed by atoms with E-state index in [4.69, 9.17) is 0 Å². The summed E-state index contributed by atoms with van der Waals surface area (Å²) >= 11 is 0. The van der Waals surface area contributed by atoms with Gasteiger partial charge in [0.15, 0.2) is 5.82 Å². The highest BCUT2D eigenvalue weighted by atomic mass is 19.1. The van der Waals surface area contributed by atoms with Crippen LogP contribution >= 0.6 is 0 Å². The van der Waals surface area contributed by atoms with Crippen molar-refractivity contribution >= 4 is 22.5 Å². The lowest BCUT2D eigenvalue weighted by Crippen LogP contribution is -2.35. The zero-order valence-electron chi connectivity index (χ0n) is 19.1. The van der Waals surface area contributed by atoms with Gasteiger partial charge in [0, 0.05) is 29.9 Å². The second-order valence-electron chi connectivity index (χ2n) is 9.07. The smallest absolute Gasteiger partial charge is 0.241 e. The van der Waals surface area contributed by atoms with Crippen molar-refractivity contribution in [1.29, 1.82) is 0 Å². The number of hydrogen-bond donors (Lipinski definition) is 2. The fraction of sp³-hybridized carbons (Fsp3) is 0.458. The predicted molar refractivity (Wildman–Crippen MR) is 126 cm³/mol. The summed E-state index contributed by atoms with van der Waals surface area (Å²) in [6.45, 7) is 6.08. The average Bonchev–Trinajstić information content (AvgIpc) is 3.34. The van der Waals surface area contributed by atoms with Gasteiger partial charge < -0.3 is 15.2 Å². The summed E-state index contributed by atoms with van der Waals surface area (Å²) < 4.78 is 18.8. The first-order valence-corrected chi connectivity index (χ1v) is 11.4. The molecule has 0 aliphatic heterocycles. The van der Waals surface area contributed by atoms with E-state index in [1.54, 1.807) is 6.07 Å². The van der Waals surface area contributed by atoms with Crippen LogP contribution in [0.4, 0.5) is 10.3 Å². The van der Waals surface area contributed by atoms with Crippen LogP contribution in [0.3, 0.4) is 0 Å². The van der Waals surface area contributed by atoms with Gasteiger partial charge in [-0.15, -0.1) is 5.10 Å². The number of halogens is 1. The van der Waals surface area contributed by atoms with E-state index in [1.165, 1.54) is 0 Å². The zero-order chi connectivity index (χ0) is 22.4. The maximum Gasteiger partial charge on any atom is 0.241 e. The molecule has 3 heterocycles. The lowest BCUT2D eigenvalue weighted by molar-refractivity contribution is 0.370. The predicted octanol–water partition coefficient (Wildman–Crippen LogP) is 4.72. The summed E-state index contributed by atoms with van der Waals surface area (Å²) in [6.07, 6.45) is 8.24. The highest BCUT2D eigenvalue weighted by molar-refractivity contribution is 5.88. The summed E-state index contributed by atoms with van der Waals surface area (Å²) in [5.41, 5.74) is 3.78. The molecule has 5 rings (SSSR count). The van der Waals surface area contributed by atoms with Crippen LogP contribution in [0.1, 0.15) is 51.4 Å². The quantitative estimate of drug-likeness (QED) is 0.475. The molecule has 1 saturated carbocycles. The van der Waals surface area contributed by atoms with Gasteiger partial charge in [-0.05, 0) is 77.3 Å². The van der Waals surface area contributed by atoms with Crippen LogP contribution in [0, 0.1) is 12.7 Å². The number of aryl methyl sites for hydroxylation is 1. The maximum absolute atomic E-state index is 14.9. The average molecular weight is 436 g/mol. The van der Waals surface area contributed by atoms with E-state index in [-0.39, 0.29) is 11.9 Å². The van der Waals surface area contributed by atoms with Gasteiger partial charge in [0.2, 0.25) is 5.95 Å². The number of fused-ring (bicyclic) bond motifs is 2. The molecule has 32 heavy (non-hydrogen) atoms. The first-order valence-electron chi connectivity index (χ1n) is 11.4. The molecule has 8 heteroatoms. The van der Waals surface area contributed by atoms with Crippen molar-refractivity contribution in [1.82, 2.24) is 29.5 Å². The molecule has 4 aromatic rings. The Morgan fingerprint density at radius 3 is 2.56 bits per heavy atom. The third kappa shape index (κ3) is 3.62. The van der Waals surface area contributed by atoms with Gasteiger partial charge in [-0.25, -0.2) is 18.9 Å². The number of rotatable bonds is 5. The van der Waals surface area contributed by atoms with Gasteiger partial charge in [-0.3, -0.25) is 0 Å². The molecule has 0 spiro atoms. The van der Waals surface area contributed by atoms with Gasteiger partial charge >= 0.3 is 0 Å².